The highest BCUT2D eigenvalue weighted by molar-refractivity contribution is 5.85. The quantitative estimate of drug-likeness (QED) is 0.111. The lowest BCUT2D eigenvalue weighted by molar-refractivity contribution is -0.342. The molecular formula is C57H74O7. The van der Waals surface area contributed by atoms with Crippen LogP contribution in [0.1, 0.15) is 141 Å². The molecular weight excluding hydrogens is 797 g/mol. The van der Waals surface area contributed by atoms with Crippen molar-refractivity contribution >= 4 is 11.9 Å². The van der Waals surface area contributed by atoms with E-state index < -0.39 is 57.4 Å². The van der Waals surface area contributed by atoms with Crippen LogP contribution in [0.3, 0.4) is 0 Å². The molecule has 0 saturated heterocycles. The molecule has 13 unspecified atom stereocenters. The number of hydrogen-bond acceptors (Lipinski definition) is 7. The summed E-state index contributed by atoms with van der Waals surface area (Å²) in [5.74, 6) is 6.44. The number of esters is 2. The molecule has 2 aromatic carbocycles. The zero-order valence-corrected chi connectivity index (χ0v) is 38.8. The van der Waals surface area contributed by atoms with Crippen molar-refractivity contribution < 1.29 is 34.4 Å². The van der Waals surface area contributed by atoms with E-state index in [1.807, 2.05) is 6.92 Å². The van der Waals surface area contributed by atoms with Gasteiger partial charge in [-0.05, 0) is 136 Å². The fraction of sp³-hybridized carbons (Fsp3) is 0.649. The van der Waals surface area contributed by atoms with Crippen LogP contribution in [0.2, 0.25) is 0 Å². The molecule has 13 atom stereocenters. The second kappa shape index (κ2) is 18.2. The van der Waals surface area contributed by atoms with Gasteiger partial charge in [-0.1, -0.05) is 118 Å². The van der Waals surface area contributed by atoms with Crippen LogP contribution in [0, 0.1) is 69.0 Å². The van der Waals surface area contributed by atoms with Gasteiger partial charge < -0.3 is 24.8 Å². The largest absolute Gasteiger partial charge is 0.462 e. The number of ether oxygens (including phenoxy) is 2. The molecule has 7 nitrogen and oxygen atoms in total. The number of benzene rings is 2. The number of aliphatic hydroxyl groups is 3. The number of fused-ring (bicyclic) bond motifs is 2. The van der Waals surface area contributed by atoms with Crippen molar-refractivity contribution in [2.24, 2.45) is 57.2 Å². The summed E-state index contributed by atoms with van der Waals surface area (Å²) in [4.78, 5) is 28.2. The highest BCUT2D eigenvalue weighted by atomic mass is 16.5. The number of aliphatic hydroxyl groups excluding tert-OH is 2. The number of carbonyl (C=O) groups excluding carboxylic acids is 2. The third-order valence-electron chi connectivity index (χ3n) is 18.6. The third-order valence-corrected chi connectivity index (χ3v) is 18.6. The van der Waals surface area contributed by atoms with Gasteiger partial charge in [0.1, 0.15) is 12.7 Å². The van der Waals surface area contributed by atoms with Gasteiger partial charge in [0.2, 0.25) is 0 Å². The van der Waals surface area contributed by atoms with Crippen molar-refractivity contribution in [3.05, 3.63) is 95.6 Å². The Kier molecular flexibility index (Phi) is 12.9. The molecule has 0 radical (unpaired) electrons. The van der Waals surface area contributed by atoms with Crippen molar-refractivity contribution in [2.45, 2.75) is 167 Å². The van der Waals surface area contributed by atoms with Crippen molar-refractivity contribution in [1.82, 2.24) is 0 Å². The molecule has 3 N–H and O–H groups in total. The Balaban J connectivity index is 1.22. The lowest BCUT2D eigenvalue weighted by Gasteiger charge is -2.72. The highest BCUT2D eigenvalue weighted by Gasteiger charge is 2.78. The van der Waals surface area contributed by atoms with E-state index in [1.165, 1.54) is 23.6 Å². The van der Waals surface area contributed by atoms with E-state index in [9.17, 15) is 20.1 Å². The molecule has 7 aliphatic rings. The zero-order chi connectivity index (χ0) is 44.7. The molecule has 3 heterocycles. The number of allylic oxidation sites excluding steroid dienone is 1. The summed E-state index contributed by atoms with van der Waals surface area (Å²) < 4.78 is 12.7. The first-order valence-electron chi connectivity index (χ1n) is 25.2. The Morgan fingerprint density at radius 3 is 2.31 bits per heavy atom. The van der Waals surface area contributed by atoms with Gasteiger partial charge in [-0.2, -0.15) is 0 Å². The summed E-state index contributed by atoms with van der Waals surface area (Å²) in [5, 5.41) is 41.8. The van der Waals surface area contributed by atoms with Gasteiger partial charge in [-0.3, -0.25) is 4.79 Å². The molecule has 4 fully saturated rings. The molecule has 2 aromatic rings. The fourth-order valence-corrected chi connectivity index (χ4v) is 15.4. The summed E-state index contributed by atoms with van der Waals surface area (Å²) in [6.45, 7) is 6.83. The molecule has 4 bridgehead atoms. The lowest BCUT2D eigenvalue weighted by Crippen LogP contribution is -2.80. The van der Waals surface area contributed by atoms with Gasteiger partial charge in [0.05, 0.1) is 34.1 Å². The second-order valence-electron chi connectivity index (χ2n) is 22.3. The SMILES string of the molecule is CC(CCCc1ccccc1)CC1C=CC2CCC(Cc3ccccc3)CC23CC#CC2(C)CC(OC3=O)C3C(C)(C4CCCCC4)CCC(O)C3(C1O)C2(O)CCC1=CC(=O)OC1. The van der Waals surface area contributed by atoms with Gasteiger partial charge in [0.25, 0.3) is 0 Å². The predicted octanol–water partition coefficient (Wildman–Crippen LogP) is 10.3. The maximum absolute atomic E-state index is 15.8. The number of carbonyl (C=O) groups is 2. The first-order chi connectivity index (χ1) is 30.8. The molecule has 4 aliphatic carbocycles. The van der Waals surface area contributed by atoms with Crippen LogP contribution in [-0.2, 0) is 31.9 Å². The molecule has 0 amide bonds. The first kappa shape index (κ1) is 45.5. The van der Waals surface area contributed by atoms with E-state index in [-0.39, 0.29) is 48.6 Å². The summed E-state index contributed by atoms with van der Waals surface area (Å²) in [7, 11) is 0. The predicted molar refractivity (Wildman–Crippen MR) is 249 cm³/mol. The van der Waals surface area contributed by atoms with E-state index >= 15 is 4.79 Å². The molecule has 64 heavy (non-hydrogen) atoms. The van der Waals surface area contributed by atoms with Crippen LogP contribution in [-0.4, -0.2) is 57.8 Å². The molecule has 4 saturated carbocycles. The Labute approximate surface area is 382 Å². The van der Waals surface area contributed by atoms with Gasteiger partial charge in [-0.25, -0.2) is 4.79 Å². The Morgan fingerprint density at radius 2 is 1.59 bits per heavy atom. The van der Waals surface area contributed by atoms with Gasteiger partial charge in [0, 0.05) is 30.8 Å². The van der Waals surface area contributed by atoms with Crippen molar-refractivity contribution in [3.63, 3.8) is 0 Å². The van der Waals surface area contributed by atoms with E-state index in [0.29, 0.717) is 38.5 Å². The Hall–Kier alpha value is -3.70. The van der Waals surface area contributed by atoms with E-state index in [2.05, 4.69) is 98.5 Å². The monoisotopic (exact) mass is 871 g/mol. The summed E-state index contributed by atoms with van der Waals surface area (Å²) in [6, 6.07) is 21.2. The molecule has 344 valence electrons. The van der Waals surface area contributed by atoms with Crippen LogP contribution in [0.25, 0.3) is 0 Å². The number of rotatable bonds is 12. The number of hydrogen-bond donors (Lipinski definition) is 3. The second-order valence-corrected chi connectivity index (χ2v) is 22.3. The first-order valence-corrected chi connectivity index (χ1v) is 25.2. The topological polar surface area (TPSA) is 113 Å². The summed E-state index contributed by atoms with van der Waals surface area (Å²) >= 11 is 0. The molecule has 1 spiro atoms. The average molecular weight is 871 g/mol. The Morgan fingerprint density at radius 1 is 0.859 bits per heavy atom. The van der Waals surface area contributed by atoms with Crippen LogP contribution in [0.5, 0.6) is 0 Å². The van der Waals surface area contributed by atoms with Crippen molar-refractivity contribution in [2.75, 3.05) is 6.61 Å². The molecule has 3 aliphatic heterocycles. The number of aryl methyl sites for hydroxylation is 1. The van der Waals surface area contributed by atoms with Crippen molar-refractivity contribution in [3.8, 4) is 11.8 Å². The zero-order valence-electron chi connectivity index (χ0n) is 38.8. The maximum atomic E-state index is 15.8. The van der Waals surface area contributed by atoms with Gasteiger partial charge in [0.15, 0.2) is 0 Å². The molecule has 7 heteroatoms. The number of cyclic esters (lactones) is 1. The molecule has 0 aromatic heterocycles. The standard InChI is InChI=1S/C57H74O7/c1-39(15-13-20-40-16-7-4-8-17-40)33-44-24-26-46-25-23-42(34-41-18-9-5-10-19-41)36-55(46)30-14-29-53(2)37-47(64-52(55)61)50-54(3,45-21-11-6-12-22-45)31-28-48(58)57(50,51(44)60)56(53,62)32-27-43-35-49(59)63-38-43/h4-5,7-10,16-19,24,26,35,39,42,44-48,50-51,58,60,62H,6,11-13,15,20-23,25,27-28,30-34,36-38H2,1-3H3. The minimum Gasteiger partial charge on any atom is -0.462 e. The van der Waals surface area contributed by atoms with E-state index in [0.717, 1.165) is 76.2 Å². The van der Waals surface area contributed by atoms with Crippen LogP contribution in [0.4, 0.5) is 0 Å². The minimum absolute atomic E-state index is 0.134. The fourth-order valence-electron chi connectivity index (χ4n) is 15.4. The minimum atomic E-state index is -1.73. The summed E-state index contributed by atoms with van der Waals surface area (Å²) in [6.07, 6.45) is 17.8. The van der Waals surface area contributed by atoms with E-state index in [4.69, 9.17) is 9.47 Å². The third kappa shape index (κ3) is 7.94. The normalized spacial score (nSPS) is 40.0. The highest BCUT2D eigenvalue weighted by Crippen LogP contribution is 2.72. The van der Waals surface area contributed by atoms with Crippen LogP contribution in [0.15, 0.2) is 84.5 Å². The van der Waals surface area contributed by atoms with Gasteiger partial charge in [-0.15, -0.1) is 5.92 Å². The maximum Gasteiger partial charge on any atom is 0.331 e. The van der Waals surface area contributed by atoms with Crippen LogP contribution < -0.4 is 0 Å². The van der Waals surface area contributed by atoms with Crippen LogP contribution >= 0.6 is 0 Å². The summed E-state index contributed by atoms with van der Waals surface area (Å²) in [5.41, 5.74) is -2.39. The van der Waals surface area contributed by atoms with E-state index in [1.54, 1.807) is 0 Å². The molecule has 9 rings (SSSR count). The Bertz CT molecular complexity index is 2110. The average Bonchev–Trinajstić information content (AvgIpc) is 3.73. The van der Waals surface area contributed by atoms with Gasteiger partial charge >= 0.3 is 11.9 Å². The smallest absolute Gasteiger partial charge is 0.331 e. The van der Waals surface area contributed by atoms with Crippen molar-refractivity contribution in [1.29, 1.82) is 0 Å². The lowest BCUT2D eigenvalue weighted by atomic mass is 9.34.